The van der Waals surface area contributed by atoms with Crippen LogP contribution in [0.2, 0.25) is 10.0 Å². The van der Waals surface area contributed by atoms with Crippen molar-refractivity contribution >= 4 is 34.8 Å². The summed E-state index contributed by atoms with van der Waals surface area (Å²) >= 11 is 12.5. The molecule has 2 atom stereocenters. The van der Waals surface area contributed by atoms with Gasteiger partial charge >= 0.3 is 0 Å². The van der Waals surface area contributed by atoms with E-state index >= 15 is 0 Å². The highest BCUT2D eigenvalue weighted by atomic mass is 35.5. The van der Waals surface area contributed by atoms with Crippen LogP contribution in [-0.4, -0.2) is 15.7 Å². The number of anilines is 1. The normalized spacial score (nSPS) is 19.3. The van der Waals surface area contributed by atoms with E-state index in [2.05, 4.69) is 16.0 Å². The first-order chi connectivity index (χ1) is 14.0. The lowest BCUT2D eigenvalue weighted by molar-refractivity contribution is 0.0956. The molecule has 0 spiro atoms. The van der Waals surface area contributed by atoms with Gasteiger partial charge in [-0.25, -0.2) is 9.07 Å². The van der Waals surface area contributed by atoms with E-state index in [1.165, 1.54) is 12.1 Å². The Morgan fingerprint density at radius 3 is 2.76 bits per heavy atom. The van der Waals surface area contributed by atoms with Crippen molar-refractivity contribution in [2.45, 2.75) is 31.1 Å². The Bertz CT molecular complexity index is 1130. The zero-order chi connectivity index (χ0) is 20.1. The van der Waals surface area contributed by atoms with Crippen molar-refractivity contribution in [2.75, 3.05) is 5.43 Å². The molecule has 3 aromatic rings. The number of halogens is 3. The summed E-state index contributed by atoms with van der Waals surface area (Å²) in [5.74, 6) is -0.0530. The average molecular weight is 431 g/mol. The van der Waals surface area contributed by atoms with E-state index in [0.717, 1.165) is 30.5 Å². The van der Waals surface area contributed by atoms with Crippen LogP contribution < -0.4 is 10.9 Å². The summed E-state index contributed by atoms with van der Waals surface area (Å²) in [4.78, 5) is 12.9. The number of aromatic nitrogens is 2. The molecule has 2 aliphatic rings. The van der Waals surface area contributed by atoms with Crippen LogP contribution in [0.4, 0.5) is 10.1 Å². The molecule has 0 saturated heterocycles. The predicted octanol–water partition coefficient (Wildman–Crippen LogP) is 5.44. The van der Waals surface area contributed by atoms with Gasteiger partial charge < -0.3 is 0 Å². The molecule has 5 rings (SSSR count). The standard InChI is InChI=1S/C21H17Cl2FN4O/c22-13-6-7-17(16(23)9-13)28-20-12-5-4-11(8-12)18(20)19(27-28)21(29)26-25-15-3-1-2-14(24)10-15/h1-3,6-7,9-12,25H,4-5,8H2,(H,26,29). The van der Waals surface area contributed by atoms with Crippen LogP contribution in [0, 0.1) is 5.82 Å². The highest BCUT2D eigenvalue weighted by molar-refractivity contribution is 6.35. The SMILES string of the molecule is O=C(NNc1cccc(F)c1)c1nn(-c2ccc(Cl)cc2Cl)c2c1C1CCC2C1. The van der Waals surface area contributed by atoms with Crippen molar-refractivity contribution in [3.8, 4) is 5.69 Å². The zero-order valence-electron chi connectivity index (χ0n) is 15.3. The molecule has 2 N–H and O–H groups in total. The van der Waals surface area contributed by atoms with Crippen molar-refractivity contribution in [1.82, 2.24) is 15.2 Å². The van der Waals surface area contributed by atoms with Gasteiger partial charge in [0.25, 0.3) is 5.91 Å². The Hall–Kier alpha value is -2.57. The lowest BCUT2D eigenvalue weighted by Gasteiger charge is -2.15. The van der Waals surface area contributed by atoms with Crippen LogP contribution in [-0.2, 0) is 0 Å². The third-order valence-corrected chi connectivity index (χ3v) is 6.22. The molecule has 2 aromatic carbocycles. The van der Waals surface area contributed by atoms with E-state index in [9.17, 15) is 9.18 Å². The second kappa shape index (κ2) is 7.04. The first kappa shape index (κ1) is 18.5. The maximum absolute atomic E-state index is 13.4. The molecular formula is C21H17Cl2FN4O. The van der Waals surface area contributed by atoms with Gasteiger partial charge in [-0.05, 0) is 61.6 Å². The summed E-state index contributed by atoms with van der Waals surface area (Å²) in [5, 5.41) is 5.65. The smallest absolute Gasteiger partial charge is 0.290 e. The number of fused-ring (bicyclic) bond motifs is 5. The molecular weight excluding hydrogens is 414 g/mol. The van der Waals surface area contributed by atoms with Crippen molar-refractivity contribution in [3.63, 3.8) is 0 Å². The number of hydrogen-bond donors (Lipinski definition) is 2. The van der Waals surface area contributed by atoms with Crippen molar-refractivity contribution in [1.29, 1.82) is 0 Å². The maximum atomic E-state index is 13.4. The van der Waals surface area contributed by atoms with Gasteiger partial charge in [-0.2, -0.15) is 5.10 Å². The highest BCUT2D eigenvalue weighted by Crippen LogP contribution is 2.54. The first-order valence-corrected chi connectivity index (χ1v) is 10.2. The van der Waals surface area contributed by atoms with Crippen LogP contribution >= 0.6 is 23.2 Å². The predicted molar refractivity (Wildman–Crippen MR) is 110 cm³/mol. The Kier molecular flexibility index (Phi) is 4.48. The number of nitrogens with one attached hydrogen (secondary N) is 2. The summed E-state index contributed by atoms with van der Waals surface area (Å²) in [5.41, 5.74) is 8.98. The second-order valence-corrected chi connectivity index (χ2v) is 8.30. The first-order valence-electron chi connectivity index (χ1n) is 9.41. The van der Waals surface area contributed by atoms with E-state index in [-0.39, 0.29) is 11.7 Å². The number of hydrogen-bond acceptors (Lipinski definition) is 3. The Morgan fingerprint density at radius 2 is 1.97 bits per heavy atom. The van der Waals surface area contributed by atoms with Gasteiger partial charge in [-0.15, -0.1) is 0 Å². The van der Waals surface area contributed by atoms with Gasteiger partial charge in [0.05, 0.1) is 22.1 Å². The monoisotopic (exact) mass is 430 g/mol. The number of rotatable bonds is 4. The molecule has 2 bridgehead atoms. The molecule has 2 aliphatic carbocycles. The average Bonchev–Trinajstić information content (AvgIpc) is 3.39. The van der Waals surface area contributed by atoms with Gasteiger partial charge in [0, 0.05) is 16.5 Å². The number of benzene rings is 2. The van der Waals surface area contributed by atoms with Crippen LogP contribution in [0.15, 0.2) is 42.5 Å². The lowest BCUT2D eigenvalue weighted by atomic mass is 9.95. The molecule has 0 radical (unpaired) electrons. The third kappa shape index (κ3) is 3.16. The van der Waals surface area contributed by atoms with Gasteiger partial charge in [0.1, 0.15) is 5.82 Å². The molecule has 1 aromatic heterocycles. The van der Waals surface area contributed by atoms with Crippen molar-refractivity contribution in [3.05, 3.63) is 75.3 Å². The number of carbonyl (C=O) groups excluding carboxylic acids is 1. The summed E-state index contributed by atoms with van der Waals surface area (Å²) in [6.07, 6.45) is 3.16. The van der Waals surface area contributed by atoms with Crippen LogP contribution in [0.3, 0.4) is 0 Å². The van der Waals surface area contributed by atoms with Crippen molar-refractivity contribution < 1.29 is 9.18 Å². The summed E-state index contributed by atoms with van der Waals surface area (Å²) in [6, 6.07) is 11.1. The van der Waals surface area contributed by atoms with Gasteiger partial charge in [0.2, 0.25) is 0 Å². The maximum Gasteiger partial charge on any atom is 0.290 e. The van der Waals surface area contributed by atoms with Crippen LogP contribution in [0.1, 0.15) is 52.8 Å². The molecule has 1 saturated carbocycles. The van der Waals surface area contributed by atoms with E-state index in [1.807, 2.05) is 6.07 Å². The Balaban J connectivity index is 1.51. The third-order valence-electron chi connectivity index (χ3n) is 5.68. The minimum Gasteiger partial charge on any atom is -0.298 e. The number of nitrogens with zero attached hydrogens (tertiary/aromatic N) is 2. The molecule has 1 heterocycles. The fourth-order valence-corrected chi connectivity index (χ4v) is 4.98. The molecule has 5 nitrogen and oxygen atoms in total. The minimum atomic E-state index is -0.385. The quantitative estimate of drug-likeness (QED) is 0.541. The van der Waals surface area contributed by atoms with Crippen LogP contribution in [0.25, 0.3) is 5.69 Å². The summed E-state index contributed by atoms with van der Waals surface area (Å²) in [6.45, 7) is 0. The van der Waals surface area contributed by atoms with E-state index < -0.39 is 0 Å². The molecule has 2 unspecified atom stereocenters. The molecule has 1 amide bonds. The van der Waals surface area contributed by atoms with Crippen molar-refractivity contribution in [2.24, 2.45) is 0 Å². The number of carbonyl (C=O) groups is 1. The van der Waals surface area contributed by atoms with Crippen LogP contribution in [0.5, 0.6) is 0 Å². The fraction of sp³-hybridized carbons (Fsp3) is 0.238. The largest absolute Gasteiger partial charge is 0.298 e. The highest BCUT2D eigenvalue weighted by Gasteiger charge is 2.44. The van der Waals surface area contributed by atoms with Gasteiger partial charge in [-0.3, -0.25) is 15.6 Å². The van der Waals surface area contributed by atoms with Gasteiger partial charge in [-0.1, -0.05) is 29.3 Å². The van der Waals surface area contributed by atoms with E-state index in [0.29, 0.717) is 38.9 Å². The number of amides is 1. The Morgan fingerprint density at radius 1 is 1.14 bits per heavy atom. The summed E-state index contributed by atoms with van der Waals surface area (Å²) in [7, 11) is 0. The second-order valence-electron chi connectivity index (χ2n) is 7.45. The lowest BCUT2D eigenvalue weighted by Crippen LogP contribution is -2.30. The molecule has 1 fully saturated rings. The molecule has 148 valence electrons. The zero-order valence-corrected chi connectivity index (χ0v) is 16.8. The molecule has 0 aliphatic heterocycles. The topological polar surface area (TPSA) is 59.0 Å². The Labute approximate surface area is 176 Å². The fourth-order valence-electron chi connectivity index (χ4n) is 4.49. The molecule has 29 heavy (non-hydrogen) atoms. The minimum absolute atomic E-state index is 0.324. The number of hydrazine groups is 1. The molecule has 8 heteroatoms. The van der Waals surface area contributed by atoms with E-state index in [4.69, 9.17) is 23.2 Å². The van der Waals surface area contributed by atoms with Gasteiger partial charge in [0.15, 0.2) is 5.69 Å². The summed E-state index contributed by atoms with van der Waals surface area (Å²) < 4.78 is 15.1. The van der Waals surface area contributed by atoms with E-state index in [1.54, 1.807) is 28.9 Å².